The Balaban J connectivity index is 2.65. The number of nitrogens with one attached hydrogen (secondary N) is 1. The van der Waals surface area contributed by atoms with Crippen molar-refractivity contribution < 1.29 is 0 Å². The van der Waals surface area contributed by atoms with E-state index < -0.39 is 0 Å². The summed E-state index contributed by atoms with van der Waals surface area (Å²) in [5.74, 6) is 0. The fourth-order valence-electron chi connectivity index (χ4n) is 1.96. The van der Waals surface area contributed by atoms with Crippen molar-refractivity contribution in [3.63, 3.8) is 0 Å². The summed E-state index contributed by atoms with van der Waals surface area (Å²) in [7, 11) is 0. The van der Waals surface area contributed by atoms with Gasteiger partial charge in [0.2, 0.25) is 0 Å². The van der Waals surface area contributed by atoms with Crippen LogP contribution in [0.1, 0.15) is 27.9 Å². The van der Waals surface area contributed by atoms with Crippen LogP contribution in [0.3, 0.4) is 0 Å². The molecule has 16 heavy (non-hydrogen) atoms. The molecule has 1 aromatic heterocycles. The van der Waals surface area contributed by atoms with Crippen molar-refractivity contribution in [2.45, 2.75) is 34.6 Å². The quantitative estimate of drug-likeness (QED) is 0.771. The average molecular weight is 214 g/mol. The van der Waals surface area contributed by atoms with Crippen LogP contribution in [0, 0.1) is 34.6 Å². The third-order valence-electron chi connectivity index (χ3n) is 3.35. The Morgan fingerprint density at radius 1 is 0.875 bits per heavy atom. The third-order valence-corrected chi connectivity index (χ3v) is 3.35. The van der Waals surface area contributed by atoms with E-state index in [2.05, 4.69) is 56.9 Å². The summed E-state index contributed by atoms with van der Waals surface area (Å²) in [6.07, 6.45) is 0. The predicted octanol–water partition coefficient (Wildman–Crippen LogP) is 3.62. The zero-order chi connectivity index (χ0) is 11.9. The van der Waals surface area contributed by atoms with E-state index in [1.165, 1.54) is 27.8 Å². The van der Waals surface area contributed by atoms with E-state index >= 15 is 0 Å². The zero-order valence-corrected chi connectivity index (χ0v) is 10.6. The van der Waals surface area contributed by atoms with Crippen LogP contribution in [0.4, 0.5) is 0 Å². The van der Waals surface area contributed by atoms with Crippen molar-refractivity contribution in [2.24, 2.45) is 0 Å². The second kappa shape index (κ2) is 3.78. The molecule has 84 valence electrons. The molecule has 1 heterocycles. The maximum atomic E-state index is 4.39. The summed E-state index contributed by atoms with van der Waals surface area (Å²) in [6, 6.07) is 4.46. The summed E-state index contributed by atoms with van der Waals surface area (Å²) in [4.78, 5) is 0. The van der Waals surface area contributed by atoms with Crippen molar-refractivity contribution in [3.05, 3.63) is 40.1 Å². The molecule has 0 aliphatic carbocycles. The Kier molecular flexibility index (Phi) is 2.58. The lowest BCUT2D eigenvalue weighted by Gasteiger charge is -2.08. The number of H-pyrrole nitrogens is 1. The molecular formula is C14H18N2. The molecule has 1 aromatic carbocycles. The van der Waals surface area contributed by atoms with Crippen LogP contribution in [0.15, 0.2) is 12.1 Å². The molecule has 0 aliphatic heterocycles. The molecule has 2 rings (SSSR count). The van der Waals surface area contributed by atoms with Gasteiger partial charge >= 0.3 is 0 Å². The molecule has 0 saturated heterocycles. The van der Waals surface area contributed by atoms with Gasteiger partial charge in [-0.15, -0.1) is 0 Å². The highest BCUT2D eigenvalue weighted by atomic mass is 15.1. The lowest BCUT2D eigenvalue weighted by Crippen LogP contribution is -1.90. The summed E-state index contributed by atoms with van der Waals surface area (Å²) >= 11 is 0. The van der Waals surface area contributed by atoms with E-state index in [0.717, 1.165) is 11.4 Å². The second-order valence-electron chi connectivity index (χ2n) is 4.57. The van der Waals surface area contributed by atoms with E-state index in [0.29, 0.717) is 0 Å². The van der Waals surface area contributed by atoms with Gasteiger partial charge in [-0.25, -0.2) is 0 Å². The first kappa shape index (κ1) is 10.9. The minimum absolute atomic E-state index is 1.08. The molecule has 0 aliphatic rings. The van der Waals surface area contributed by atoms with Gasteiger partial charge in [-0.2, -0.15) is 5.10 Å². The van der Waals surface area contributed by atoms with Crippen molar-refractivity contribution >= 4 is 0 Å². The molecule has 2 aromatic rings. The standard InChI is InChI=1S/C14H18N2/c1-8-6-10(3)13(7-9(8)2)14-11(4)12(5)15-16-14/h6-7H,1-5H3,(H,15,16). The Hall–Kier alpha value is -1.57. The van der Waals surface area contributed by atoms with E-state index in [4.69, 9.17) is 0 Å². The largest absolute Gasteiger partial charge is 0.282 e. The smallest absolute Gasteiger partial charge is 0.0955 e. The Bertz CT molecular complexity index is 536. The van der Waals surface area contributed by atoms with Crippen LogP contribution in [0.25, 0.3) is 11.3 Å². The summed E-state index contributed by atoms with van der Waals surface area (Å²) in [5, 5.41) is 7.44. The van der Waals surface area contributed by atoms with Crippen LogP contribution in [0.5, 0.6) is 0 Å². The van der Waals surface area contributed by atoms with E-state index in [9.17, 15) is 0 Å². The van der Waals surface area contributed by atoms with E-state index in [-0.39, 0.29) is 0 Å². The Morgan fingerprint density at radius 2 is 1.50 bits per heavy atom. The molecule has 1 N–H and O–H groups in total. The van der Waals surface area contributed by atoms with Crippen molar-refractivity contribution in [2.75, 3.05) is 0 Å². The molecule has 0 bridgehead atoms. The van der Waals surface area contributed by atoms with Gasteiger partial charge in [0, 0.05) is 11.3 Å². The molecule has 0 unspecified atom stereocenters. The molecule has 2 heteroatoms. The normalized spacial score (nSPS) is 10.8. The first-order chi connectivity index (χ1) is 7.50. The van der Waals surface area contributed by atoms with E-state index in [1.807, 2.05) is 0 Å². The highest BCUT2D eigenvalue weighted by molar-refractivity contribution is 5.68. The van der Waals surface area contributed by atoms with Crippen LogP contribution in [-0.2, 0) is 0 Å². The van der Waals surface area contributed by atoms with E-state index in [1.54, 1.807) is 0 Å². The summed E-state index contributed by atoms with van der Waals surface area (Å²) in [5.41, 5.74) is 8.66. The zero-order valence-electron chi connectivity index (χ0n) is 10.6. The van der Waals surface area contributed by atoms with Gasteiger partial charge in [0.25, 0.3) is 0 Å². The van der Waals surface area contributed by atoms with Crippen LogP contribution >= 0.6 is 0 Å². The molecular weight excluding hydrogens is 196 g/mol. The number of benzene rings is 1. The van der Waals surface area contributed by atoms with Gasteiger partial charge in [0.15, 0.2) is 0 Å². The molecule has 0 radical (unpaired) electrons. The first-order valence-electron chi connectivity index (χ1n) is 5.60. The Morgan fingerprint density at radius 3 is 2.06 bits per heavy atom. The predicted molar refractivity (Wildman–Crippen MR) is 67.7 cm³/mol. The number of aromatic nitrogens is 2. The number of aromatic amines is 1. The van der Waals surface area contributed by atoms with Crippen molar-refractivity contribution in [1.29, 1.82) is 0 Å². The SMILES string of the molecule is Cc1cc(C)c(-c2n[nH]c(C)c2C)cc1C. The number of rotatable bonds is 1. The van der Waals surface area contributed by atoms with Crippen molar-refractivity contribution in [1.82, 2.24) is 10.2 Å². The lowest BCUT2D eigenvalue weighted by atomic mass is 9.97. The highest BCUT2D eigenvalue weighted by Crippen LogP contribution is 2.28. The number of hydrogen-bond donors (Lipinski definition) is 1. The number of hydrogen-bond acceptors (Lipinski definition) is 1. The molecule has 0 fully saturated rings. The fourth-order valence-corrected chi connectivity index (χ4v) is 1.96. The second-order valence-corrected chi connectivity index (χ2v) is 4.57. The van der Waals surface area contributed by atoms with Gasteiger partial charge in [-0.3, -0.25) is 5.10 Å². The van der Waals surface area contributed by atoms with Crippen molar-refractivity contribution in [3.8, 4) is 11.3 Å². The van der Waals surface area contributed by atoms with Crippen LogP contribution < -0.4 is 0 Å². The Labute approximate surface area is 96.7 Å². The molecule has 0 saturated carbocycles. The summed E-state index contributed by atoms with van der Waals surface area (Å²) in [6.45, 7) is 10.6. The minimum Gasteiger partial charge on any atom is -0.282 e. The van der Waals surface area contributed by atoms with Gasteiger partial charge in [0.05, 0.1) is 5.69 Å². The first-order valence-corrected chi connectivity index (χ1v) is 5.60. The molecule has 2 nitrogen and oxygen atoms in total. The van der Waals surface area contributed by atoms with Crippen LogP contribution in [-0.4, -0.2) is 10.2 Å². The maximum absolute atomic E-state index is 4.39. The number of nitrogens with zero attached hydrogens (tertiary/aromatic N) is 1. The minimum atomic E-state index is 1.08. The fraction of sp³-hybridized carbons (Fsp3) is 0.357. The topological polar surface area (TPSA) is 28.7 Å². The highest BCUT2D eigenvalue weighted by Gasteiger charge is 2.11. The summed E-state index contributed by atoms with van der Waals surface area (Å²) < 4.78 is 0. The molecule has 0 atom stereocenters. The maximum Gasteiger partial charge on any atom is 0.0955 e. The number of aryl methyl sites for hydroxylation is 4. The average Bonchev–Trinajstić information content (AvgIpc) is 2.54. The van der Waals surface area contributed by atoms with Gasteiger partial charge in [-0.05, 0) is 62.9 Å². The van der Waals surface area contributed by atoms with Gasteiger partial charge < -0.3 is 0 Å². The lowest BCUT2D eigenvalue weighted by molar-refractivity contribution is 1.05. The van der Waals surface area contributed by atoms with Crippen LogP contribution in [0.2, 0.25) is 0 Å². The van der Waals surface area contributed by atoms with Gasteiger partial charge in [0.1, 0.15) is 0 Å². The third kappa shape index (κ3) is 1.64. The molecule has 0 spiro atoms. The molecule has 0 amide bonds. The monoisotopic (exact) mass is 214 g/mol. The van der Waals surface area contributed by atoms with Gasteiger partial charge in [-0.1, -0.05) is 6.07 Å².